The minimum atomic E-state index is -0.661. The van der Waals surface area contributed by atoms with Gasteiger partial charge >= 0.3 is 0 Å². The van der Waals surface area contributed by atoms with E-state index < -0.39 is 4.87 Å². The lowest BCUT2D eigenvalue weighted by molar-refractivity contribution is -0.132. The number of benzene rings is 2. The molecule has 2 atom stereocenters. The van der Waals surface area contributed by atoms with Crippen LogP contribution in [-0.4, -0.2) is 22.0 Å². The van der Waals surface area contributed by atoms with E-state index in [1.807, 2.05) is 42.1 Å². The molecule has 138 valence electrons. The van der Waals surface area contributed by atoms with Gasteiger partial charge in [0, 0.05) is 36.0 Å². The molecule has 0 unspecified atom stereocenters. The number of hydrogen-bond acceptors (Lipinski definition) is 5. The number of hydrazone groups is 1. The van der Waals surface area contributed by atoms with Crippen molar-refractivity contribution in [2.75, 3.05) is 0 Å². The SMILES string of the molecule is CC(=O)NC1=NN(C(C)=O)[C@]2(C[C@@H](c3ccccc3)Sc3ccccc32)S1. The van der Waals surface area contributed by atoms with Crippen molar-refractivity contribution >= 4 is 40.5 Å². The van der Waals surface area contributed by atoms with Gasteiger partial charge in [0.1, 0.15) is 4.87 Å². The topological polar surface area (TPSA) is 61.8 Å². The van der Waals surface area contributed by atoms with Crippen molar-refractivity contribution < 1.29 is 9.59 Å². The second-order valence-corrected chi connectivity index (χ2v) is 9.03. The highest BCUT2D eigenvalue weighted by atomic mass is 32.2. The Labute approximate surface area is 166 Å². The van der Waals surface area contributed by atoms with Crippen LogP contribution >= 0.6 is 23.5 Å². The predicted molar refractivity (Wildman–Crippen MR) is 109 cm³/mol. The fraction of sp³-hybridized carbons (Fsp3) is 0.250. The van der Waals surface area contributed by atoms with E-state index in [1.54, 1.807) is 0 Å². The van der Waals surface area contributed by atoms with Gasteiger partial charge in [-0.3, -0.25) is 9.59 Å². The summed E-state index contributed by atoms with van der Waals surface area (Å²) in [6.07, 6.45) is 0.704. The van der Waals surface area contributed by atoms with Gasteiger partial charge < -0.3 is 5.32 Å². The number of hydrogen-bond donors (Lipinski definition) is 1. The van der Waals surface area contributed by atoms with Crippen molar-refractivity contribution in [1.29, 1.82) is 0 Å². The van der Waals surface area contributed by atoms with Gasteiger partial charge in [-0.1, -0.05) is 60.3 Å². The number of nitrogens with one attached hydrogen (secondary N) is 1. The molecule has 2 heterocycles. The second kappa shape index (κ2) is 7.05. The van der Waals surface area contributed by atoms with Crippen LogP contribution in [0.1, 0.15) is 36.6 Å². The van der Waals surface area contributed by atoms with Gasteiger partial charge in [-0.2, -0.15) is 0 Å². The Morgan fingerprint density at radius 3 is 2.52 bits per heavy atom. The molecule has 1 N–H and O–H groups in total. The summed E-state index contributed by atoms with van der Waals surface area (Å²) in [7, 11) is 0. The Kier molecular flexibility index (Phi) is 4.74. The number of fused-ring (bicyclic) bond motifs is 2. The summed E-state index contributed by atoms with van der Waals surface area (Å²) in [5, 5.41) is 9.40. The maximum Gasteiger partial charge on any atom is 0.241 e. The van der Waals surface area contributed by atoms with Gasteiger partial charge in [0.25, 0.3) is 0 Å². The standard InChI is InChI=1S/C20H19N3O2S2/c1-13(24)21-19-22-23(14(2)25)20(27-19)12-18(15-8-4-3-5-9-15)26-17-11-7-6-10-16(17)20/h3-11,18H,12H2,1-2H3,(H,21,22,24)/t18-,20+/m0/s1. The summed E-state index contributed by atoms with van der Waals surface area (Å²) in [5.74, 6) is -0.337. The van der Waals surface area contributed by atoms with Crippen LogP contribution in [0.15, 0.2) is 64.6 Å². The molecule has 0 aromatic heterocycles. The van der Waals surface area contributed by atoms with E-state index in [1.165, 1.54) is 36.2 Å². The quantitative estimate of drug-likeness (QED) is 0.788. The monoisotopic (exact) mass is 397 g/mol. The first-order valence-electron chi connectivity index (χ1n) is 8.67. The Hall–Kier alpha value is -2.25. The molecule has 0 aliphatic carbocycles. The van der Waals surface area contributed by atoms with Crippen LogP contribution in [0, 0.1) is 0 Å². The Morgan fingerprint density at radius 1 is 1.11 bits per heavy atom. The number of carbonyl (C=O) groups is 2. The van der Waals surface area contributed by atoms with Crippen LogP contribution in [0.2, 0.25) is 0 Å². The molecule has 0 fully saturated rings. The number of nitrogens with zero attached hydrogens (tertiary/aromatic N) is 2. The van der Waals surface area contributed by atoms with Crippen LogP contribution in [-0.2, 0) is 14.5 Å². The molecule has 2 aliphatic rings. The Morgan fingerprint density at radius 2 is 1.81 bits per heavy atom. The molecule has 2 aromatic rings. The van der Waals surface area contributed by atoms with Crippen LogP contribution in [0.5, 0.6) is 0 Å². The lowest BCUT2D eigenvalue weighted by atomic mass is 9.96. The largest absolute Gasteiger partial charge is 0.304 e. The molecule has 0 radical (unpaired) electrons. The van der Waals surface area contributed by atoms with E-state index in [0.717, 1.165) is 10.5 Å². The lowest BCUT2D eigenvalue weighted by Gasteiger charge is -2.42. The van der Waals surface area contributed by atoms with Gasteiger partial charge in [0.2, 0.25) is 11.8 Å². The first kappa shape index (κ1) is 18.1. The van der Waals surface area contributed by atoms with Gasteiger partial charge in [-0.25, -0.2) is 5.01 Å². The molecule has 0 bridgehead atoms. The predicted octanol–water partition coefficient (Wildman–Crippen LogP) is 4.08. The summed E-state index contributed by atoms with van der Waals surface area (Å²) in [6.45, 7) is 2.97. The third-order valence-corrected chi connectivity index (χ3v) is 7.20. The van der Waals surface area contributed by atoms with Crippen LogP contribution in [0.4, 0.5) is 0 Å². The van der Waals surface area contributed by atoms with Crippen molar-refractivity contribution in [1.82, 2.24) is 10.3 Å². The van der Waals surface area contributed by atoms with E-state index in [2.05, 4.69) is 34.7 Å². The Bertz CT molecular complexity index is 932. The van der Waals surface area contributed by atoms with Crippen LogP contribution in [0.25, 0.3) is 0 Å². The molecule has 27 heavy (non-hydrogen) atoms. The normalized spacial score (nSPS) is 23.7. The first-order valence-corrected chi connectivity index (χ1v) is 10.4. The molecular formula is C20H19N3O2S2. The van der Waals surface area contributed by atoms with E-state index in [0.29, 0.717) is 11.6 Å². The summed E-state index contributed by atoms with van der Waals surface area (Å²) < 4.78 is 0. The van der Waals surface area contributed by atoms with E-state index >= 15 is 0 Å². The molecule has 2 aliphatic heterocycles. The van der Waals surface area contributed by atoms with Crippen molar-refractivity contribution in [3.63, 3.8) is 0 Å². The van der Waals surface area contributed by atoms with E-state index in [4.69, 9.17) is 0 Å². The number of amidine groups is 1. The molecule has 2 aromatic carbocycles. The highest BCUT2D eigenvalue weighted by Gasteiger charge is 2.52. The fourth-order valence-corrected chi connectivity index (χ4v) is 6.57. The fourth-order valence-electron chi connectivity index (χ4n) is 3.52. The summed E-state index contributed by atoms with van der Waals surface area (Å²) in [5.41, 5.74) is 2.28. The maximum absolute atomic E-state index is 12.5. The van der Waals surface area contributed by atoms with E-state index in [-0.39, 0.29) is 17.1 Å². The van der Waals surface area contributed by atoms with Crippen molar-refractivity contribution in [3.8, 4) is 0 Å². The Balaban J connectivity index is 1.82. The number of thioether (sulfide) groups is 2. The smallest absolute Gasteiger partial charge is 0.241 e. The maximum atomic E-state index is 12.5. The van der Waals surface area contributed by atoms with Gasteiger partial charge in [-0.15, -0.1) is 16.9 Å². The van der Waals surface area contributed by atoms with Gasteiger partial charge in [0.15, 0.2) is 5.17 Å². The van der Waals surface area contributed by atoms with Crippen molar-refractivity contribution in [3.05, 3.63) is 65.7 Å². The number of rotatable bonds is 1. The number of carbonyl (C=O) groups excluding carboxylic acids is 2. The molecular weight excluding hydrogens is 378 g/mol. The zero-order valence-corrected chi connectivity index (χ0v) is 16.6. The molecule has 1 spiro atoms. The average molecular weight is 398 g/mol. The third-order valence-electron chi connectivity index (χ3n) is 4.59. The van der Waals surface area contributed by atoms with E-state index in [9.17, 15) is 9.59 Å². The van der Waals surface area contributed by atoms with Gasteiger partial charge in [0.05, 0.1) is 0 Å². The highest BCUT2D eigenvalue weighted by molar-refractivity contribution is 8.15. The zero-order valence-electron chi connectivity index (χ0n) is 15.0. The minimum absolute atomic E-state index is 0.142. The minimum Gasteiger partial charge on any atom is -0.304 e. The summed E-state index contributed by atoms with van der Waals surface area (Å²) >= 11 is 3.26. The first-order chi connectivity index (χ1) is 13.0. The summed E-state index contributed by atoms with van der Waals surface area (Å²) in [6, 6.07) is 18.5. The third kappa shape index (κ3) is 3.26. The van der Waals surface area contributed by atoms with Crippen molar-refractivity contribution in [2.24, 2.45) is 5.10 Å². The molecule has 5 nitrogen and oxygen atoms in total. The van der Waals surface area contributed by atoms with Crippen LogP contribution in [0.3, 0.4) is 0 Å². The average Bonchev–Trinajstić information content (AvgIpc) is 3.00. The second-order valence-electron chi connectivity index (χ2n) is 6.52. The molecule has 7 heteroatoms. The molecule has 0 saturated carbocycles. The highest BCUT2D eigenvalue weighted by Crippen LogP contribution is 2.60. The number of amides is 2. The molecule has 2 amide bonds. The molecule has 0 saturated heterocycles. The summed E-state index contributed by atoms with van der Waals surface area (Å²) in [4.78, 5) is 24.5. The molecule has 4 rings (SSSR count). The van der Waals surface area contributed by atoms with Crippen LogP contribution < -0.4 is 5.32 Å². The zero-order chi connectivity index (χ0) is 19.0. The van der Waals surface area contributed by atoms with Gasteiger partial charge in [-0.05, 0) is 11.6 Å². The lowest BCUT2D eigenvalue weighted by Crippen LogP contribution is -2.43. The van der Waals surface area contributed by atoms with Crippen molar-refractivity contribution in [2.45, 2.75) is 35.3 Å².